The van der Waals surface area contributed by atoms with E-state index in [1.54, 1.807) is 17.0 Å². The van der Waals surface area contributed by atoms with Crippen LogP contribution in [0.5, 0.6) is 0 Å². The van der Waals surface area contributed by atoms with Gasteiger partial charge < -0.3 is 9.64 Å². The molecule has 1 aliphatic carbocycles. The Balaban J connectivity index is 1.31. The van der Waals surface area contributed by atoms with Crippen LogP contribution in [-0.4, -0.2) is 62.3 Å². The maximum Gasteiger partial charge on any atom is 0.309 e. The van der Waals surface area contributed by atoms with Gasteiger partial charge in [-0.05, 0) is 35.7 Å². The Kier molecular flexibility index (Phi) is 6.57. The second-order valence-electron chi connectivity index (χ2n) is 8.24. The zero-order valence-corrected chi connectivity index (χ0v) is 18.4. The number of hydrogen-bond acceptors (Lipinski definition) is 5. The zero-order valence-electron chi connectivity index (χ0n) is 17.5. The van der Waals surface area contributed by atoms with Crippen molar-refractivity contribution in [3.63, 3.8) is 0 Å². The van der Waals surface area contributed by atoms with E-state index in [-0.39, 0.29) is 55.5 Å². The number of rotatable bonds is 5. The van der Waals surface area contributed by atoms with Gasteiger partial charge in [0.25, 0.3) is 5.91 Å². The fourth-order valence-corrected chi connectivity index (χ4v) is 5.79. The van der Waals surface area contributed by atoms with Crippen molar-refractivity contribution in [2.75, 3.05) is 32.8 Å². The molecule has 1 saturated carbocycles. The van der Waals surface area contributed by atoms with Crippen LogP contribution in [0.3, 0.4) is 0 Å². The highest BCUT2D eigenvalue weighted by molar-refractivity contribution is 7.89. The lowest BCUT2D eigenvalue weighted by atomic mass is 9.89. The Labute approximate surface area is 183 Å². The maximum absolute atomic E-state index is 13.1. The fourth-order valence-electron chi connectivity index (χ4n) is 4.34. The van der Waals surface area contributed by atoms with Gasteiger partial charge in [-0.3, -0.25) is 9.59 Å². The van der Waals surface area contributed by atoms with Gasteiger partial charge in [-0.15, -0.1) is 0 Å². The zero-order chi connectivity index (χ0) is 21.8. The predicted molar refractivity (Wildman–Crippen MR) is 117 cm³/mol. The van der Waals surface area contributed by atoms with Gasteiger partial charge in [0.05, 0.1) is 10.8 Å². The minimum Gasteiger partial charge on any atom is -0.455 e. The van der Waals surface area contributed by atoms with Gasteiger partial charge in [0, 0.05) is 26.2 Å². The van der Waals surface area contributed by atoms with Crippen molar-refractivity contribution in [1.29, 1.82) is 0 Å². The Bertz CT molecular complexity index is 1050. The third-order valence-electron chi connectivity index (χ3n) is 6.23. The topological polar surface area (TPSA) is 84.0 Å². The largest absolute Gasteiger partial charge is 0.455 e. The molecule has 0 spiro atoms. The highest BCUT2D eigenvalue weighted by atomic mass is 32.2. The molecule has 0 aromatic heterocycles. The van der Waals surface area contributed by atoms with E-state index in [9.17, 15) is 18.0 Å². The van der Waals surface area contributed by atoms with Gasteiger partial charge >= 0.3 is 5.97 Å². The summed E-state index contributed by atoms with van der Waals surface area (Å²) in [5.74, 6) is -0.650. The first-order valence-electron chi connectivity index (χ1n) is 10.9. The number of hydrogen-bond donors (Lipinski definition) is 0. The number of nitrogens with zero attached hydrogens (tertiary/aromatic N) is 2. The van der Waals surface area contributed by atoms with Crippen molar-refractivity contribution in [3.8, 4) is 0 Å². The average Bonchev–Trinajstić information content (AvgIpc) is 2.82. The molecule has 2 aromatic carbocycles. The molecule has 0 N–H and O–H groups in total. The summed E-state index contributed by atoms with van der Waals surface area (Å²) in [7, 11) is -3.63. The normalized spacial score (nSPS) is 18.8. The van der Waals surface area contributed by atoms with Crippen LogP contribution in [-0.2, 0) is 24.3 Å². The molecule has 1 aliphatic heterocycles. The fraction of sp³-hybridized carbons (Fsp3) is 0.478. The van der Waals surface area contributed by atoms with E-state index in [0.717, 1.165) is 42.9 Å². The second kappa shape index (κ2) is 9.36. The van der Waals surface area contributed by atoms with Crippen molar-refractivity contribution < 1.29 is 22.7 Å². The molecule has 1 saturated heterocycles. The van der Waals surface area contributed by atoms with Gasteiger partial charge in [0.2, 0.25) is 10.0 Å². The van der Waals surface area contributed by atoms with Crippen molar-refractivity contribution in [3.05, 3.63) is 42.5 Å². The summed E-state index contributed by atoms with van der Waals surface area (Å²) in [6.07, 6.45) is 4.87. The van der Waals surface area contributed by atoms with Crippen LogP contribution in [0, 0.1) is 5.92 Å². The van der Waals surface area contributed by atoms with Gasteiger partial charge in [0.1, 0.15) is 0 Å². The van der Waals surface area contributed by atoms with Crippen LogP contribution >= 0.6 is 0 Å². The first kappa shape index (κ1) is 21.8. The minimum absolute atomic E-state index is 0.0921. The van der Waals surface area contributed by atoms with E-state index in [4.69, 9.17) is 4.74 Å². The molecule has 8 heteroatoms. The summed E-state index contributed by atoms with van der Waals surface area (Å²) in [6, 6.07) is 12.7. The molecule has 1 amide bonds. The van der Waals surface area contributed by atoms with E-state index in [0.29, 0.717) is 0 Å². The molecule has 0 radical (unpaired) electrons. The number of amides is 1. The summed E-state index contributed by atoms with van der Waals surface area (Å²) in [4.78, 5) is 26.4. The van der Waals surface area contributed by atoms with Crippen LogP contribution < -0.4 is 0 Å². The molecular formula is C23H28N2O5S. The summed E-state index contributed by atoms with van der Waals surface area (Å²) < 4.78 is 32.8. The Hall–Kier alpha value is -2.45. The minimum atomic E-state index is -3.63. The van der Waals surface area contributed by atoms with E-state index in [2.05, 4.69) is 0 Å². The first-order valence-corrected chi connectivity index (χ1v) is 12.3. The van der Waals surface area contributed by atoms with E-state index in [1.165, 1.54) is 4.31 Å². The molecular weight excluding hydrogens is 416 g/mol. The molecule has 2 fully saturated rings. The quantitative estimate of drug-likeness (QED) is 0.662. The lowest BCUT2D eigenvalue weighted by molar-refractivity contribution is -0.156. The van der Waals surface area contributed by atoms with Gasteiger partial charge in [0.15, 0.2) is 6.61 Å². The van der Waals surface area contributed by atoms with Crippen molar-refractivity contribution in [1.82, 2.24) is 9.21 Å². The Morgan fingerprint density at radius 2 is 1.58 bits per heavy atom. The van der Waals surface area contributed by atoms with E-state index < -0.39 is 10.0 Å². The number of esters is 1. The maximum atomic E-state index is 13.1. The van der Waals surface area contributed by atoms with Crippen molar-refractivity contribution in [2.45, 2.75) is 37.0 Å². The van der Waals surface area contributed by atoms with Gasteiger partial charge in [-0.25, -0.2) is 8.42 Å². The van der Waals surface area contributed by atoms with Crippen LogP contribution in [0.1, 0.15) is 32.1 Å². The van der Waals surface area contributed by atoms with Crippen molar-refractivity contribution >= 4 is 32.7 Å². The summed E-state index contributed by atoms with van der Waals surface area (Å²) in [5, 5.41) is 1.86. The number of carbonyl (C=O) groups is 2. The van der Waals surface area contributed by atoms with Crippen LogP contribution in [0.4, 0.5) is 0 Å². The number of fused-ring (bicyclic) bond motifs is 1. The van der Waals surface area contributed by atoms with Gasteiger partial charge in [-0.1, -0.05) is 49.6 Å². The molecule has 0 unspecified atom stereocenters. The molecule has 7 nitrogen and oxygen atoms in total. The standard InChI is InChI=1S/C23H28N2O5S/c26-22(17-30-23(27)19-7-2-1-3-8-19)24-12-14-25(15-13-24)31(28,29)21-11-10-18-6-4-5-9-20(18)16-21/h4-6,9-11,16,19H,1-3,7-8,12-15,17H2. The molecule has 0 atom stereocenters. The molecule has 31 heavy (non-hydrogen) atoms. The first-order chi connectivity index (χ1) is 14.9. The van der Waals surface area contributed by atoms with Crippen LogP contribution in [0.15, 0.2) is 47.4 Å². The highest BCUT2D eigenvalue weighted by Crippen LogP contribution is 2.25. The lowest BCUT2D eigenvalue weighted by Gasteiger charge is -2.34. The number of benzene rings is 2. The SMILES string of the molecule is O=C(OCC(=O)N1CCN(S(=O)(=O)c2ccc3ccccc3c2)CC1)C1CCCCC1. The number of piperazine rings is 1. The summed E-state index contributed by atoms with van der Waals surface area (Å²) >= 11 is 0. The molecule has 1 heterocycles. The highest BCUT2D eigenvalue weighted by Gasteiger charge is 2.31. The van der Waals surface area contributed by atoms with E-state index in [1.807, 2.05) is 30.3 Å². The monoisotopic (exact) mass is 444 g/mol. The van der Waals surface area contributed by atoms with Crippen molar-refractivity contribution in [2.24, 2.45) is 5.92 Å². The summed E-state index contributed by atoms with van der Waals surface area (Å²) in [5.41, 5.74) is 0. The number of ether oxygens (including phenoxy) is 1. The predicted octanol–water partition coefficient (Wildman–Crippen LogP) is 2.80. The third-order valence-corrected chi connectivity index (χ3v) is 8.12. The van der Waals surface area contributed by atoms with E-state index >= 15 is 0 Å². The molecule has 2 aliphatic rings. The van der Waals surface area contributed by atoms with Crippen LogP contribution in [0.25, 0.3) is 10.8 Å². The Morgan fingerprint density at radius 3 is 2.29 bits per heavy atom. The van der Waals surface area contributed by atoms with Gasteiger partial charge in [-0.2, -0.15) is 4.31 Å². The smallest absolute Gasteiger partial charge is 0.309 e. The lowest BCUT2D eigenvalue weighted by Crippen LogP contribution is -2.51. The average molecular weight is 445 g/mol. The third kappa shape index (κ3) is 4.91. The summed E-state index contributed by atoms with van der Waals surface area (Å²) in [6.45, 7) is 0.737. The molecule has 166 valence electrons. The Morgan fingerprint density at radius 1 is 0.903 bits per heavy atom. The second-order valence-corrected chi connectivity index (χ2v) is 10.2. The number of sulfonamides is 1. The molecule has 2 aromatic rings. The molecule has 4 rings (SSSR count). The number of carbonyl (C=O) groups excluding carboxylic acids is 2. The molecule has 0 bridgehead atoms. The van der Waals surface area contributed by atoms with Crippen LogP contribution in [0.2, 0.25) is 0 Å².